The second-order valence-corrected chi connectivity index (χ2v) is 3.55. The molecule has 0 heterocycles. The first-order valence-electron chi connectivity index (χ1n) is 3.78. The summed E-state index contributed by atoms with van der Waals surface area (Å²) in [5, 5.41) is 0. The molecule has 9 heavy (non-hydrogen) atoms. The van der Waals surface area contributed by atoms with E-state index in [0.717, 1.165) is 11.8 Å². The van der Waals surface area contributed by atoms with Gasteiger partial charge in [0, 0.05) is 12.1 Å². The molecule has 0 aromatic heterocycles. The van der Waals surface area contributed by atoms with Gasteiger partial charge in [0.2, 0.25) is 0 Å². The zero-order valence-electron chi connectivity index (χ0n) is 5.59. The lowest BCUT2D eigenvalue weighted by atomic mass is 9.93. The van der Waals surface area contributed by atoms with Gasteiger partial charge < -0.3 is 11.5 Å². The molecule has 2 rings (SSSR count). The molecule has 2 saturated carbocycles. The molecule has 2 bridgehead atoms. The molecule has 0 amide bonds. The Labute approximate surface area is 55.6 Å². The second kappa shape index (κ2) is 1.70. The Morgan fingerprint density at radius 3 is 1.44 bits per heavy atom. The number of nitrogens with two attached hydrogens (primary N) is 2. The predicted octanol–water partition coefficient (Wildman–Crippen LogP) is 0.0709. The molecular formula is C7H14N2. The minimum absolute atomic E-state index is 0.481. The Kier molecular flexibility index (Phi) is 1.08. The Balaban J connectivity index is 2.10. The lowest BCUT2D eigenvalue weighted by Gasteiger charge is -2.21. The first-order chi connectivity index (χ1) is 4.27. The minimum Gasteiger partial charge on any atom is -0.327 e. The third-order valence-electron chi connectivity index (χ3n) is 2.97. The van der Waals surface area contributed by atoms with Crippen LogP contribution in [0.2, 0.25) is 0 Å². The van der Waals surface area contributed by atoms with Crippen LogP contribution in [0.1, 0.15) is 19.3 Å². The van der Waals surface area contributed by atoms with Gasteiger partial charge in [0.1, 0.15) is 0 Å². The van der Waals surface area contributed by atoms with Crippen molar-refractivity contribution in [3.63, 3.8) is 0 Å². The summed E-state index contributed by atoms with van der Waals surface area (Å²) in [6.45, 7) is 0. The molecule has 2 nitrogen and oxygen atoms in total. The Morgan fingerprint density at radius 2 is 1.22 bits per heavy atom. The van der Waals surface area contributed by atoms with E-state index < -0.39 is 0 Å². The summed E-state index contributed by atoms with van der Waals surface area (Å²) >= 11 is 0. The highest BCUT2D eigenvalue weighted by molar-refractivity contribution is 4.98. The first-order valence-corrected chi connectivity index (χ1v) is 3.78. The van der Waals surface area contributed by atoms with E-state index in [4.69, 9.17) is 11.5 Å². The van der Waals surface area contributed by atoms with Crippen LogP contribution >= 0.6 is 0 Å². The van der Waals surface area contributed by atoms with Gasteiger partial charge in [0.25, 0.3) is 0 Å². The number of hydrogen-bond acceptors (Lipinski definition) is 2. The Bertz CT molecular complexity index is 106. The summed E-state index contributed by atoms with van der Waals surface area (Å²) in [5.41, 5.74) is 11.7. The molecule has 2 aliphatic carbocycles. The van der Waals surface area contributed by atoms with Crippen molar-refractivity contribution in [3.05, 3.63) is 0 Å². The zero-order chi connectivity index (χ0) is 6.43. The molecule has 0 aromatic carbocycles. The van der Waals surface area contributed by atoms with Crippen molar-refractivity contribution in [1.29, 1.82) is 0 Å². The summed E-state index contributed by atoms with van der Waals surface area (Å²) in [4.78, 5) is 0. The van der Waals surface area contributed by atoms with Gasteiger partial charge in [-0.1, -0.05) is 0 Å². The van der Waals surface area contributed by atoms with Crippen LogP contribution in [0.3, 0.4) is 0 Å². The highest BCUT2D eigenvalue weighted by Crippen LogP contribution is 2.42. The molecule has 2 aliphatic rings. The van der Waals surface area contributed by atoms with Gasteiger partial charge in [0.05, 0.1) is 0 Å². The summed E-state index contributed by atoms with van der Waals surface area (Å²) in [7, 11) is 0. The third kappa shape index (κ3) is 0.700. The maximum Gasteiger partial charge on any atom is 0.00710 e. The van der Waals surface area contributed by atoms with Crippen molar-refractivity contribution in [1.82, 2.24) is 0 Å². The van der Waals surface area contributed by atoms with E-state index in [0.29, 0.717) is 12.1 Å². The number of hydrogen-bond donors (Lipinski definition) is 2. The lowest BCUT2D eigenvalue weighted by molar-refractivity contribution is 0.375. The van der Waals surface area contributed by atoms with Gasteiger partial charge in [0.15, 0.2) is 0 Å². The van der Waals surface area contributed by atoms with Crippen LogP contribution < -0.4 is 11.5 Å². The van der Waals surface area contributed by atoms with Crippen LogP contribution in [-0.4, -0.2) is 12.1 Å². The lowest BCUT2D eigenvalue weighted by Crippen LogP contribution is -2.35. The maximum atomic E-state index is 5.83. The predicted molar refractivity (Wildman–Crippen MR) is 36.8 cm³/mol. The summed E-state index contributed by atoms with van der Waals surface area (Å²) < 4.78 is 0. The number of fused-ring (bicyclic) bond motifs is 2. The summed E-state index contributed by atoms with van der Waals surface area (Å²) in [6, 6.07) is 0.963. The largest absolute Gasteiger partial charge is 0.327 e. The van der Waals surface area contributed by atoms with E-state index in [1.165, 1.54) is 19.3 Å². The van der Waals surface area contributed by atoms with E-state index in [-0.39, 0.29) is 0 Å². The van der Waals surface area contributed by atoms with E-state index in [9.17, 15) is 0 Å². The van der Waals surface area contributed by atoms with Crippen molar-refractivity contribution >= 4 is 0 Å². The molecule has 0 saturated heterocycles. The zero-order valence-corrected chi connectivity index (χ0v) is 5.59. The SMILES string of the molecule is N[C@H]1C[C@@H]2C[C@H]1C[C@@H]2N. The fraction of sp³-hybridized carbons (Fsp3) is 1.00. The standard InChI is InChI=1S/C7H14N2/c8-6-2-4-1-5(6)3-7(4)9/h4-7H,1-3,8-9H2/t4-,5-,6-,7-/m0/s1. The van der Waals surface area contributed by atoms with Crippen molar-refractivity contribution in [2.45, 2.75) is 31.3 Å². The third-order valence-corrected chi connectivity index (χ3v) is 2.97. The van der Waals surface area contributed by atoms with Crippen LogP contribution in [0.4, 0.5) is 0 Å². The van der Waals surface area contributed by atoms with Gasteiger partial charge in [-0.05, 0) is 31.1 Å². The van der Waals surface area contributed by atoms with Crippen LogP contribution in [0, 0.1) is 11.8 Å². The fourth-order valence-corrected chi connectivity index (χ4v) is 2.36. The molecule has 0 radical (unpaired) electrons. The summed E-state index contributed by atoms with van der Waals surface area (Å²) in [5.74, 6) is 1.54. The molecule has 0 aromatic rings. The van der Waals surface area contributed by atoms with Crippen LogP contribution in [-0.2, 0) is 0 Å². The van der Waals surface area contributed by atoms with Gasteiger partial charge >= 0.3 is 0 Å². The van der Waals surface area contributed by atoms with Gasteiger partial charge in [-0.25, -0.2) is 0 Å². The fourth-order valence-electron chi connectivity index (χ4n) is 2.36. The molecule has 4 N–H and O–H groups in total. The van der Waals surface area contributed by atoms with Crippen molar-refractivity contribution in [2.75, 3.05) is 0 Å². The van der Waals surface area contributed by atoms with E-state index >= 15 is 0 Å². The molecule has 4 atom stereocenters. The highest BCUT2D eigenvalue weighted by atomic mass is 14.8. The van der Waals surface area contributed by atoms with Gasteiger partial charge in [-0.2, -0.15) is 0 Å². The molecule has 0 unspecified atom stereocenters. The molecule has 52 valence electrons. The smallest absolute Gasteiger partial charge is 0.00710 e. The quantitative estimate of drug-likeness (QED) is 0.482. The average Bonchev–Trinajstić information content (AvgIpc) is 2.24. The number of rotatable bonds is 0. The van der Waals surface area contributed by atoms with Crippen molar-refractivity contribution < 1.29 is 0 Å². The van der Waals surface area contributed by atoms with Crippen molar-refractivity contribution in [2.24, 2.45) is 23.3 Å². The van der Waals surface area contributed by atoms with Crippen molar-refractivity contribution in [3.8, 4) is 0 Å². The summed E-state index contributed by atoms with van der Waals surface area (Å²) in [6.07, 6.45) is 3.68. The second-order valence-electron chi connectivity index (χ2n) is 3.55. The highest BCUT2D eigenvalue weighted by Gasteiger charge is 2.42. The van der Waals surface area contributed by atoms with Crippen LogP contribution in [0.25, 0.3) is 0 Å². The van der Waals surface area contributed by atoms with E-state index in [2.05, 4.69) is 0 Å². The van der Waals surface area contributed by atoms with Gasteiger partial charge in [-0.15, -0.1) is 0 Å². The maximum absolute atomic E-state index is 5.83. The van der Waals surface area contributed by atoms with Gasteiger partial charge in [-0.3, -0.25) is 0 Å². The normalized spacial score (nSPS) is 56.7. The topological polar surface area (TPSA) is 52.0 Å². The Hall–Kier alpha value is -0.0800. The van der Waals surface area contributed by atoms with E-state index in [1.807, 2.05) is 0 Å². The molecule has 2 heteroatoms. The minimum atomic E-state index is 0.481. The molecule has 2 fully saturated rings. The average molecular weight is 126 g/mol. The first kappa shape index (κ1) is 5.69. The molecule has 0 aliphatic heterocycles. The Morgan fingerprint density at radius 1 is 0.778 bits per heavy atom. The van der Waals surface area contributed by atoms with Crippen LogP contribution in [0.15, 0.2) is 0 Å². The monoisotopic (exact) mass is 126 g/mol. The van der Waals surface area contributed by atoms with Crippen LogP contribution in [0.5, 0.6) is 0 Å². The molecular weight excluding hydrogens is 112 g/mol. The van der Waals surface area contributed by atoms with E-state index in [1.54, 1.807) is 0 Å². The molecule has 0 spiro atoms.